The predicted molar refractivity (Wildman–Crippen MR) is 34.7 cm³/mol. The Labute approximate surface area is 68.9 Å². The Morgan fingerprint density at radius 3 is 2.42 bits per heavy atom. The molecule has 1 aliphatic rings. The quantitative estimate of drug-likeness (QED) is 0.413. The smallest absolute Gasteiger partial charge is 0.137 e. The number of hydrogen-bond donors (Lipinski definition) is 0. The molecule has 1 atom stereocenters. The summed E-state index contributed by atoms with van der Waals surface area (Å²) < 4.78 is 0. The zero-order chi connectivity index (χ0) is 9.30. The number of carboxylic acid groups (broad SMARTS) is 2. The summed E-state index contributed by atoms with van der Waals surface area (Å²) in [5.74, 6) is -1.40. The number of carbonyl (C=O) groups excluding carboxylic acids is 2. The fourth-order valence-corrected chi connectivity index (χ4v) is 1.20. The summed E-state index contributed by atoms with van der Waals surface area (Å²) in [5.41, 5.74) is 0.563. The molecule has 0 bridgehead atoms. The van der Waals surface area contributed by atoms with E-state index in [-0.39, 0.29) is 13.0 Å². The minimum absolute atomic E-state index is 0.0288. The van der Waals surface area contributed by atoms with Crippen molar-refractivity contribution < 1.29 is 19.8 Å². The van der Waals surface area contributed by atoms with Crippen molar-refractivity contribution >= 4 is 12.1 Å². The number of nitrogens with zero attached hydrogens (tertiary/aromatic N) is 1. The van der Waals surface area contributed by atoms with Crippen LogP contribution >= 0.6 is 0 Å². The van der Waals surface area contributed by atoms with Gasteiger partial charge in [0.15, 0.2) is 0 Å². The molecule has 1 amide bonds. The fourth-order valence-electron chi connectivity index (χ4n) is 1.20. The lowest BCUT2D eigenvalue weighted by Crippen LogP contribution is -2.51. The van der Waals surface area contributed by atoms with Gasteiger partial charge in [0.1, 0.15) is 6.09 Å². The van der Waals surface area contributed by atoms with Gasteiger partial charge < -0.3 is 24.7 Å². The Bertz CT molecular complexity index is 224. The lowest BCUT2D eigenvalue weighted by Gasteiger charge is -2.26. The van der Waals surface area contributed by atoms with Crippen LogP contribution < -0.4 is 10.2 Å². The molecule has 0 spiro atoms. The van der Waals surface area contributed by atoms with Gasteiger partial charge in [0.05, 0.1) is 12.0 Å². The molecule has 0 aromatic carbocycles. The van der Waals surface area contributed by atoms with Crippen molar-refractivity contribution in [2.24, 2.45) is 0 Å². The average molecular weight is 169 g/mol. The maximum absolute atomic E-state index is 10.4. The monoisotopic (exact) mass is 169 g/mol. The first-order valence-corrected chi connectivity index (χ1v) is 3.37. The lowest BCUT2D eigenvalue weighted by molar-refractivity contribution is -0.314. The van der Waals surface area contributed by atoms with Crippen LogP contribution in [0.3, 0.4) is 0 Å². The van der Waals surface area contributed by atoms with Gasteiger partial charge in [0.2, 0.25) is 0 Å². The number of likely N-dealkylation sites (tertiary alicyclic amines) is 1. The number of carbonyl (C=O) groups is 2. The van der Waals surface area contributed by atoms with Gasteiger partial charge in [-0.2, -0.15) is 0 Å². The molecule has 1 saturated heterocycles. The fraction of sp³-hybridized carbons (Fsp3) is 0.429. The van der Waals surface area contributed by atoms with E-state index >= 15 is 0 Å². The Hall–Kier alpha value is -1.52. The Balaban J connectivity index is 2.79. The molecule has 66 valence electrons. The molecule has 0 aromatic rings. The summed E-state index contributed by atoms with van der Waals surface area (Å²) in [6, 6.07) is -1.12. The molecule has 5 nitrogen and oxygen atoms in total. The molecule has 1 heterocycles. The maximum Gasteiger partial charge on any atom is 0.137 e. The molecule has 0 N–H and O–H groups in total. The number of rotatable bonds is 1. The van der Waals surface area contributed by atoms with Gasteiger partial charge in [0.25, 0.3) is 0 Å². The topological polar surface area (TPSA) is 83.5 Å². The van der Waals surface area contributed by atoms with E-state index in [2.05, 4.69) is 6.58 Å². The summed E-state index contributed by atoms with van der Waals surface area (Å²) in [5, 5.41) is 20.7. The molecular formula is C7H7NO4-2. The van der Waals surface area contributed by atoms with Crippen molar-refractivity contribution in [1.82, 2.24) is 4.90 Å². The Kier molecular flexibility index (Phi) is 2.03. The second kappa shape index (κ2) is 2.84. The molecule has 1 rings (SSSR count). The van der Waals surface area contributed by atoms with Gasteiger partial charge in [-0.15, -0.1) is 0 Å². The van der Waals surface area contributed by atoms with Crippen LogP contribution in [0.1, 0.15) is 6.42 Å². The van der Waals surface area contributed by atoms with Crippen LogP contribution in [0.2, 0.25) is 0 Å². The van der Waals surface area contributed by atoms with Crippen molar-refractivity contribution in [1.29, 1.82) is 0 Å². The van der Waals surface area contributed by atoms with Crippen LogP contribution in [0.15, 0.2) is 12.2 Å². The van der Waals surface area contributed by atoms with E-state index in [0.717, 1.165) is 0 Å². The first-order valence-electron chi connectivity index (χ1n) is 3.37. The van der Waals surface area contributed by atoms with Crippen molar-refractivity contribution in [2.45, 2.75) is 12.5 Å². The Morgan fingerprint density at radius 1 is 1.50 bits per heavy atom. The van der Waals surface area contributed by atoms with Crippen LogP contribution in [0.4, 0.5) is 4.79 Å². The number of aliphatic carboxylic acids is 1. The van der Waals surface area contributed by atoms with E-state index in [1.165, 1.54) is 0 Å². The van der Waals surface area contributed by atoms with E-state index in [1.807, 2.05) is 0 Å². The zero-order valence-corrected chi connectivity index (χ0v) is 6.28. The van der Waals surface area contributed by atoms with Gasteiger partial charge in [0, 0.05) is 6.54 Å². The van der Waals surface area contributed by atoms with Gasteiger partial charge in [-0.05, 0) is 6.42 Å². The highest BCUT2D eigenvalue weighted by atomic mass is 16.4. The van der Waals surface area contributed by atoms with E-state index in [9.17, 15) is 19.8 Å². The standard InChI is InChI=1S/C7H9NO4/c1-4-2-5(6(9)10)8(3-4)7(11)12/h5H,1-3H2,(H,9,10)(H,11,12)/p-2/t5-/m0/s1. The van der Waals surface area contributed by atoms with E-state index in [4.69, 9.17) is 0 Å². The normalized spacial score (nSPS) is 22.8. The third kappa shape index (κ3) is 1.39. The summed E-state index contributed by atoms with van der Waals surface area (Å²) in [7, 11) is 0. The molecule has 0 saturated carbocycles. The maximum atomic E-state index is 10.4. The Morgan fingerprint density at radius 2 is 2.08 bits per heavy atom. The second-order valence-corrected chi connectivity index (χ2v) is 2.68. The molecule has 0 aliphatic carbocycles. The van der Waals surface area contributed by atoms with Crippen LogP contribution in [-0.2, 0) is 4.79 Å². The highest BCUT2D eigenvalue weighted by Gasteiger charge is 2.27. The zero-order valence-electron chi connectivity index (χ0n) is 6.28. The first kappa shape index (κ1) is 8.58. The van der Waals surface area contributed by atoms with Gasteiger partial charge >= 0.3 is 0 Å². The molecule has 1 aliphatic heterocycles. The van der Waals surface area contributed by atoms with Crippen molar-refractivity contribution in [2.75, 3.05) is 6.54 Å². The van der Waals surface area contributed by atoms with Gasteiger partial charge in [-0.1, -0.05) is 12.2 Å². The summed E-state index contributed by atoms with van der Waals surface area (Å²) in [4.78, 5) is 21.4. The predicted octanol–water partition coefficient (Wildman–Crippen LogP) is -2.29. The minimum Gasteiger partial charge on any atom is -0.548 e. The van der Waals surface area contributed by atoms with Crippen LogP contribution in [0, 0.1) is 0 Å². The average Bonchev–Trinajstić information content (AvgIpc) is 2.31. The van der Waals surface area contributed by atoms with E-state index in [1.54, 1.807) is 0 Å². The molecule has 0 unspecified atom stereocenters. The summed E-state index contributed by atoms with van der Waals surface area (Å²) >= 11 is 0. The number of hydrogen-bond acceptors (Lipinski definition) is 4. The third-order valence-corrected chi connectivity index (χ3v) is 1.76. The largest absolute Gasteiger partial charge is 0.548 e. The summed E-state index contributed by atoms with van der Waals surface area (Å²) in [6.07, 6.45) is -1.38. The van der Waals surface area contributed by atoms with Gasteiger partial charge in [-0.3, -0.25) is 0 Å². The third-order valence-electron chi connectivity index (χ3n) is 1.76. The number of carboxylic acids is 1. The lowest BCUT2D eigenvalue weighted by atomic mass is 10.2. The highest BCUT2D eigenvalue weighted by Crippen LogP contribution is 2.19. The molecule has 0 aromatic heterocycles. The van der Waals surface area contributed by atoms with E-state index < -0.39 is 18.1 Å². The second-order valence-electron chi connectivity index (χ2n) is 2.68. The molecule has 5 heteroatoms. The van der Waals surface area contributed by atoms with Crippen molar-refractivity contribution in [3.8, 4) is 0 Å². The summed E-state index contributed by atoms with van der Waals surface area (Å²) in [6.45, 7) is 3.52. The SMILES string of the molecule is C=C1C[C@@H](C(=O)[O-])N(C(=O)[O-])C1. The molecule has 1 fully saturated rings. The van der Waals surface area contributed by atoms with Crippen LogP contribution in [0.5, 0.6) is 0 Å². The van der Waals surface area contributed by atoms with Crippen LogP contribution in [0.25, 0.3) is 0 Å². The highest BCUT2D eigenvalue weighted by molar-refractivity contribution is 5.78. The van der Waals surface area contributed by atoms with Gasteiger partial charge in [-0.25, -0.2) is 0 Å². The van der Waals surface area contributed by atoms with Crippen molar-refractivity contribution in [3.63, 3.8) is 0 Å². The molecule has 0 radical (unpaired) electrons. The molecular weight excluding hydrogens is 162 g/mol. The number of amides is 1. The minimum atomic E-state index is -1.50. The van der Waals surface area contributed by atoms with Crippen molar-refractivity contribution in [3.05, 3.63) is 12.2 Å². The molecule has 12 heavy (non-hydrogen) atoms. The first-order chi connectivity index (χ1) is 5.52. The van der Waals surface area contributed by atoms with Crippen LogP contribution in [-0.4, -0.2) is 29.5 Å². The van der Waals surface area contributed by atoms with E-state index in [0.29, 0.717) is 10.5 Å².